The molecule has 0 amide bonds. The molecular weight excluding hydrogens is 258 g/mol. The quantitative estimate of drug-likeness (QED) is 0.787. The van der Waals surface area contributed by atoms with Crippen molar-refractivity contribution < 1.29 is 14.8 Å². The summed E-state index contributed by atoms with van der Waals surface area (Å²) in [5.41, 5.74) is 1.28. The third-order valence-corrected chi connectivity index (χ3v) is 3.91. The fourth-order valence-electron chi connectivity index (χ4n) is 1.98. The highest BCUT2D eigenvalue weighted by Crippen LogP contribution is 2.27. The summed E-state index contributed by atoms with van der Waals surface area (Å²) in [5.74, 6) is 1.59. The molecule has 0 spiro atoms. The second-order valence-corrected chi connectivity index (χ2v) is 5.33. The number of ether oxygens (including phenoxy) is 2. The van der Waals surface area contributed by atoms with Crippen LogP contribution < -0.4 is 14.8 Å². The van der Waals surface area contributed by atoms with Crippen molar-refractivity contribution in [3.8, 4) is 11.5 Å². The van der Waals surface area contributed by atoms with Crippen LogP contribution in [0, 0.1) is 0 Å². The Hall–Kier alpha value is -1.52. The molecule has 0 saturated heterocycles. The fraction of sp³-hybridized carbons (Fsp3) is 0.333. The van der Waals surface area contributed by atoms with Crippen molar-refractivity contribution in [2.24, 2.45) is 0 Å². The lowest BCUT2D eigenvalue weighted by Gasteiger charge is -2.09. The number of thiophene rings is 1. The van der Waals surface area contributed by atoms with Gasteiger partial charge in [-0.2, -0.15) is 0 Å². The number of methoxy groups -OCH3 is 2. The first-order valence-corrected chi connectivity index (χ1v) is 7.26. The van der Waals surface area contributed by atoms with Gasteiger partial charge in [-0.15, -0.1) is 11.3 Å². The van der Waals surface area contributed by atoms with Gasteiger partial charge in [-0.1, -0.05) is 12.1 Å². The Kier molecular flexibility index (Phi) is 5.24. The monoisotopic (exact) mass is 278 g/mol. The molecule has 0 unspecified atom stereocenters. The molecule has 2 aromatic rings. The Morgan fingerprint density at radius 3 is 2.63 bits per heavy atom. The van der Waals surface area contributed by atoms with Gasteiger partial charge in [0, 0.05) is 6.42 Å². The van der Waals surface area contributed by atoms with Gasteiger partial charge in [-0.25, -0.2) is 0 Å². The van der Waals surface area contributed by atoms with Gasteiger partial charge < -0.3 is 14.8 Å². The molecule has 19 heavy (non-hydrogen) atoms. The van der Waals surface area contributed by atoms with Crippen LogP contribution in [0.5, 0.6) is 11.5 Å². The van der Waals surface area contributed by atoms with Crippen LogP contribution in [-0.2, 0) is 13.0 Å². The Morgan fingerprint density at radius 2 is 1.95 bits per heavy atom. The van der Waals surface area contributed by atoms with Crippen molar-refractivity contribution in [2.45, 2.75) is 13.0 Å². The zero-order valence-corrected chi connectivity index (χ0v) is 12.2. The first-order chi connectivity index (χ1) is 9.33. The largest absolute Gasteiger partial charge is 0.493 e. The van der Waals surface area contributed by atoms with E-state index in [1.54, 1.807) is 14.2 Å². The zero-order chi connectivity index (χ0) is 13.5. The molecule has 1 heterocycles. The Balaban J connectivity index is 1.82. The number of hydrogen-bond acceptors (Lipinski definition) is 3. The minimum atomic E-state index is 0.786. The van der Waals surface area contributed by atoms with E-state index in [-0.39, 0.29) is 0 Å². The Bertz CT molecular complexity index is 497. The SMILES string of the molecule is COc1ccc(CC[NH2+]Cc2cccs2)cc1OC. The van der Waals surface area contributed by atoms with E-state index in [0.29, 0.717) is 0 Å². The number of rotatable bonds is 7. The number of benzene rings is 1. The summed E-state index contributed by atoms with van der Waals surface area (Å²) in [6.45, 7) is 2.14. The summed E-state index contributed by atoms with van der Waals surface area (Å²) < 4.78 is 10.5. The van der Waals surface area contributed by atoms with Gasteiger partial charge in [-0.05, 0) is 29.1 Å². The standard InChI is InChI=1S/C15H19NO2S/c1-17-14-6-5-12(10-15(14)18-2)7-8-16-11-13-4-3-9-19-13/h3-6,9-10,16H,7-8,11H2,1-2H3/p+1. The van der Waals surface area contributed by atoms with Crippen LogP contribution in [-0.4, -0.2) is 20.8 Å². The van der Waals surface area contributed by atoms with Crippen molar-refractivity contribution in [1.29, 1.82) is 0 Å². The molecule has 0 aliphatic carbocycles. The highest BCUT2D eigenvalue weighted by Gasteiger charge is 2.05. The van der Waals surface area contributed by atoms with Crippen LogP contribution in [0.2, 0.25) is 0 Å². The molecule has 102 valence electrons. The first-order valence-electron chi connectivity index (χ1n) is 6.38. The summed E-state index contributed by atoms with van der Waals surface area (Å²) in [4.78, 5) is 1.42. The highest BCUT2D eigenvalue weighted by atomic mass is 32.1. The number of quaternary nitrogens is 1. The van der Waals surface area contributed by atoms with E-state index in [4.69, 9.17) is 9.47 Å². The summed E-state index contributed by atoms with van der Waals surface area (Å²) in [5, 5.41) is 4.46. The van der Waals surface area contributed by atoms with Crippen LogP contribution in [0.15, 0.2) is 35.7 Å². The number of nitrogens with two attached hydrogens (primary N) is 1. The van der Waals surface area contributed by atoms with Crippen LogP contribution in [0.3, 0.4) is 0 Å². The Morgan fingerprint density at radius 1 is 1.11 bits per heavy atom. The van der Waals surface area contributed by atoms with E-state index >= 15 is 0 Å². The average Bonchev–Trinajstić information content (AvgIpc) is 2.96. The minimum Gasteiger partial charge on any atom is -0.493 e. The van der Waals surface area contributed by atoms with Gasteiger partial charge in [0.1, 0.15) is 6.54 Å². The molecule has 0 atom stereocenters. The third-order valence-electron chi connectivity index (χ3n) is 3.01. The highest BCUT2D eigenvalue weighted by molar-refractivity contribution is 7.09. The molecule has 4 heteroatoms. The summed E-state index contributed by atoms with van der Waals surface area (Å²) in [6, 6.07) is 10.4. The Labute approximate surface area is 118 Å². The van der Waals surface area contributed by atoms with Crippen molar-refractivity contribution in [3.05, 3.63) is 46.2 Å². The van der Waals surface area contributed by atoms with Gasteiger partial charge in [0.15, 0.2) is 11.5 Å². The molecule has 3 nitrogen and oxygen atoms in total. The van der Waals surface area contributed by atoms with Crippen LogP contribution in [0.1, 0.15) is 10.4 Å². The van der Waals surface area contributed by atoms with Crippen LogP contribution in [0.25, 0.3) is 0 Å². The fourth-order valence-corrected chi connectivity index (χ4v) is 2.68. The number of hydrogen-bond donors (Lipinski definition) is 1. The lowest BCUT2D eigenvalue weighted by atomic mass is 10.1. The topological polar surface area (TPSA) is 35.1 Å². The molecule has 2 N–H and O–H groups in total. The van der Waals surface area contributed by atoms with Gasteiger partial charge >= 0.3 is 0 Å². The summed E-state index contributed by atoms with van der Waals surface area (Å²) >= 11 is 1.81. The van der Waals surface area contributed by atoms with Gasteiger partial charge in [-0.3, -0.25) is 0 Å². The maximum Gasteiger partial charge on any atom is 0.160 e. The maximum atomic E-state index is 5.31. The molecule has 0 fully saturated rings. The van der Waals surface area contributed by atoms with Crippen LogP contribution in [0.4, 0.5) is 0 Å². The lowest BCUT2D eigenvalue weighted by Crippen LogP contribution is -2.82. The minimum absolute atomic E-state index is 0.786. The molecule has 0 aliphatic heterocycles. The van der Waals surface area contributed by atoms with Crippen molar-refractivity contribution >= 4 is 11.3 Å². The summed E-state index contributed by atoms with van der Waals surface area (Å²) in [6.07, 6.45) is 1.03. The van der Waals surface area contributed by atoms with E-state index in [0.717, 1.165) is 31.0 Å². The smallest absolute Gasteiger partial charge is 0.160 e. The van der Waals surface area contributed by atoms with Gasteiger partial charge in [0.05, 0.1) is 25.6 Å². The molecule has 2 rings (SSSR count). The molecule has 1 aromatic carbocycles. The predicted molar refractivity (Wildman–Crippen MR) is 78.1 cm³/mol. The predicted octanol–water partition coefficient (Wildman–Crippen LogP) is 2.07. The van der Waals surface area contributed by atoms with E-state index in [9.17, 15) is 0 Å². The normalized spacial score (nSPS) is 10.4. The molecule has 0 bridgehead atoms. The second kappa shape index (κ2) is 7.16. The lowest BCUT2D eigenvalue weighted by molar-refractivity contribution is -0.669. The molecule has 0 saturated carbocycles. The maximum absolute atomic E-state index is 5.31. The third kappa shape index (κ3) is 3.98. The van der Waals surface area contributed by atoms with Gasteiger partial charge in [0.2, 0.25) is 0 Å². The molecule has 0 radical (unpaired) electrons. The van der Waals surface area contributed by atoms with Crippen molar-refractivity contribution in [2.75, 3.05) is 20.8 Å². The second-order valence-electron chi connectivity index (χ2n) is 4.30. The first kappa shape index (κ1) is 13.9. The van der Waals surface area contributed by atoms with Crippen molar-refractivity contribution in [1.82, 2.24) is 0 Å². The molecular formula is C15H20NO2S+. The van der Waals surface area contributed by atoms with Crippen molar-refractivity contribution in [3.63, 3.8) is 0 Å². The zero-order valence-electron chi connectivity index (χ0n) is 11.4. The van der Waals surface area contributed by atoms with Gasteiger partial charge in [0.25, 0.3) is 0 Å². The van der Waals surface area contributed by atoms with E-state index in [1.165, 1.54) is 10.4 Å². The summed E-state index contributed by atoms with van der Waals surface area (Å²) in [7, 11) is 3.33. The molecule has 1 aromatic heterocycles. The average molecular weight is 278 g/mol. The van der Waals surface area contributed by atoms with Crippen LogP contribution >= 0.6 is 11.3 Å². The van der Waals surface area contributed by atoms with E-state index in [1.807, 2.05) is 17.4 Å². The van der Waals surface area contributed by atoms with E-state index in [2.05, 4.69) is 35.0 Å². The molecule has 0 aliphatic rings. The van der Waals surface area contributed by atoms with E-state index < -0.39 is 0 Å².